The van der Waals surface area contributed by atoms with Gasteiger partial charge in [-0.2, -0.15) is 0 Å². The van der Waals surface area contributed by atoms with Gasteiger partial charge < -0.3 is 4.90 Å². The Morgan fingerprint density at radius 3 is 2.13 bits per heavy atom. The summed E-state index contributed by atoms with van der Waals surface area (Å²) in [6.07, 6.45) is 0. The number of amides is 1. The molecule has 190 valence electrons. The summed E-state index contributed by atoms with van der Waals surface area (Å²) in [5.41, 5.74) is 1.89. The normalized spacial score (nSPS) is 11.1. The second-order valence-corrected chi connectivity index (χ2v) is 9.77. The van der Waals surface area contributed by atoms with Crippen LogP contribution in [0.5, 0.6) is 0 Å². The highest BCUT2D eigenvalue weighted by Crippen LogP contribution is 2.23. The summed E-state index contributed by atoms with van der Waals surface area (Å²) in [6.45, 7) is 4.18. The molecule has 1 heterocycles. The van der Waals surface area contributed by atoms with Crippen molar-refractivity contribution in [3.05, 3.63) is 125 Å². The van der Waals surface area contributed by atoms with Gasteiger partial charge >= 0.3 is 0 Å². The molecule has 0 aliphatic carbocycles. The zero-order chi connectivity index (χ0) is 26.6. The van der Waals surface area contributed by atoms with Gasteiger partial charge in [-0.25, -0.2) is 4.68 Å². The van der Waals surface area contributed by atoms with Gasteiger partial charge in [-0.1, -0.05) is 92.7 Å². The minimum atomic E-state index is -0.442. The van der Waals surface area contributed by atoms with E-state index in [0.29, 0.717) is 23.5 Å². The maximum absolute atomic E-state index is 13.8. The van der Waals surface area contributed by atoms with Crippen LogP contribution in [0.1, 0.15) is 34.6 Å². The molecule has 0 aliphatic heterocycles. The van der Waals surface area contributed by atoms with E-state index >= 15 is 0 Å². The van der Waals surface area contributed by atoms with Crippen LogP contribution in [0.4, 0.5) is 0 Å². The van der Waals surface area contributed by atoms with Gasteiger partial charge in [0.25, 0.3) is 11.5 Å². The summed E-state index contributed by atoms with van der Waals surface area (Å²) in [7, 11) is 0. The predicted molar refractivity (Wildman–Crippen MR) is 151 cm³/mol. The van der Waals surface area contributed by atoms with Gasteiger partial charge in [-0.15, -0.1) is 0 Å². The molecular weight excluding hydrogens is 474 g/mol. The molecule has 6 nitrogen and oxygen atoms in total. The third kappa shape index (κ3) is 5.06. The van der Waals surface area contributed by atoms with Gasteiger partial charge in [0.15, 0.2) is 5.78 Å². The second kappa shape index (κ2) is 10.7. The average molecular weight is 504 g/mol. The van der Waals surface area contributed by atoms with Gasteiger partial charge in [0.1, 0.15) is 5.56 Å². The molecule has 0 saturated heterocycles. The van der Waals surface area contributed by atoms with Crippen molar-refractivity contribution in [2.24, 2.45) is 5.92 Å². The lowest BCUT2D eigenvalue weighted by atomic mass is 10.0. The number of fused-ring (bicyclic) bond motifs is 1. The quantitative estimate of drug-likeness (QED) is 0.265. The Labute approximate surface area is 221 Å². The molecule has 6 heteroatoms. The number of rotatable bonds is 8. The monoisotopic (exact) mass is 503 g/mol. The highest BCUT2D eigenvalue weighted by Gasteiger charge is 2.27. The molecule has 5 aromatic rings. The van der Waals surface area contributed by atoms with Crippen LogP contribution in [-0.4, -0.2) is 39.5 Å². The number of nitrogens with one attached hydrogen (secondary N) is 1. The zero-order valence-electron chi connectivity index (χ0n) is 21.4. The van der Waals surface area contributed by atoms with Crippen LogP contribution in [-0.2, 0) is 0 Å². The van der Waals surface area contributed by atoms with E-state index in [4.69, 9.17) is 0 Å². The topological polar surface area (TPSA) is 75.2 Å². The number of hydrogen-bond donors (Lipinski definition) is 1. The maximum Gasteiger partial charge on any atom is 0.282 e. The van der Waals surface area contributed by atoms with E-state index in [1.54, 1.807) is 23.1 Å². The third-order valence-electron chi connectivity index (χ3n) is 6.45. The molecule has 0 unspecified atom stereocenters. The van der Waals surface area contributed by atoms with Crippen molar-refractivity contribution in [2.75, 3.05) is 13.1 Å². The standard InChI is InChI=1S/C32H29N3O3/c1-22(2)20-34(31(37)26-18-17-23-11-9-10-14-25(23)19-26)21-28(36)29-30(24-12-5-3-6-13-24)33-35(32(29)38)27-15-7-4-8-16-27/h3-19,22,33H,20-21H2,1-2H3. The summed E-state index contributed by atoms with van der Waals surface area (Å²) < 4.78 is 1.38. The van der Waals surface area contributed by atoms with Crippen LogP contribution in [0.3, 0.4) is 0 Å². The minimum absolute atomic E-state index is 0.0418. The minimum Gasteiger partial charge on any atom is -0.331 e. The largest absolute Gasteiger partial charge is 0.331 e. The molecule has 0 saturated carbocycles. The first-order chi connectivity index (χ1) is 18.4. The van der Waals surface area contributed by atoms with Crippen molar-refractivity contribution >= 4 is 22.5 Å². The first-order valence-corrected chi connectivity index (χ1v) is 12.7. The summed E-state index contributed by atoms with van der Waals surface area (Å²) in [4.78, 5) is 42.6. The van der Waals surface area contributed by atoms with E-state index in [9.17, 15) is 14.4 Å². The summed E-state index contributed by atoms with van der Waals surface area (Å²) >= 11 is 0. The molecule has 0 radical (unpaired) electrons. The van der Waals surface area contributed by atoms with Gasteiger partial charge in [0.2, 0.25) is 0 Å². The Morgan fingerprint density at radius 2 is 1.45 bits per heavy atom. The zero-order valence-corrected chi connectivity index (χ0v) is 21.4. The number of ketones is 1. The molecular formula is C32H29N3O3. The molecule has 0 bridgehead atoms. The van der Waals surface area contributed by atoms with Crippen LogP contribution in [0, 0.1) is 5.92 Å². The smallest absolute Gasteiger partial charge is 0.282 e. The van der Waals surface area contributed by atoms with Crippen LogP contribution in [0.2, 0.25) is 0 Å². The molecule has 5 rings (SSSR count). The number of aromatic amines is 1. The lowest BCUT2D eigenvalue weighted by molar-refractivity contribution is 0.0691. The third-order valence-corrected chi connectivity index (χ3v) is 6.45. The van der Waals surface area contributed by atoms with Crippen LogP contribution < -0.4 is 5.56 Å². The lowest BCUT2D eigenvalue weighted by Gasteiger charge is -2.24. The average Bonchev–Trinajstić information content (AvgIpc) is 3.29. The number of carbonyl (C=O) groups excluding carboxylic acids is 2. The van der Waals surface area contributed by atoms with Crippen LogP contribution in [0.25, 0.3) is 27.7 Å². The Hall–Kier alpha value is -4.71. The molecule has 0 aliphatic rings. The van der Waals surface area contributed by atoms with E-state index < -0.39 is 11.3 Å². The predicted octanol–water partition coefficient (Wildman–Crippen LogP) is 5.97. The Balaban J connectivity index is 1.54. The summed E-state index contributed by atoms with van der Waals surface area (Å²) in [5, 5.41) is 5.13. The van der Waals surface area contributed by atoms with E-state index in [1.165, 1.54) is 4.68 Å². The summed E-state index contributed by atoms with van der Waals surface area (Å²) in [5.74, 6) is -0.513. The number of nitrogens with zero attached hydrogens (tertiary/aromatic N) is 2. The fourth-order valence-electron chi connectivity index (χ4n) is 4.69. The number of Topliss-reactive ketones (excluding diaryl/α,β-unsaturated/α-hetero) is 1. The number of carbonyl (C=O) groups is 2. The Bertz CT molecular complexity index is 1650. The Morgan fingerprint density at radius 1 is 0.816 bits per heavy atom. The van der Waals surface area contributed by atoms with E-state index in [1.807, 2.05) is 98.8 Å². The second-order valence-electron chi connectivity index (χ2n) is 9.77. The highest BCUT2D eigenvalue weighted by molar-refractivity contribution is 6.06. The SMILES string of the molecule is CC(C)CN(CC(=O)c1c(-c2ccccc2)[nH]n(-c2ccccc2)c1=O)C(=O)c1ccc2ccccc2c1. The number of para-hydroxylation sites is 1. The number of hydrogen-bond acceptors (Lipinski definition) is 3. The number of H-pyrrole nitrogens is 1. The highest BCUT2D eigenvalue weighted by atomic mass is 16.2. The van der Waals surface area contributed by atoms with Gasteiger partial charge in [-0.3, -0.25) is 19.5 Å². The molecule has 38 heavy (non-hydrogen) atoms. The first kappa shape index (κ1) is 25.0. The molecule has 0 fully saturated rings. The molecule has 1 aromatic heterocycles. The van der Waals surface area contributed by atoms with Crippen molar-refractivity contribution in [1.82, 2.24) is 14.7 Å². The molecule has 1 N–H and O–H groups in total. The van der Waals surface area contributed by atoms with Gasteiger partial charge in [0.05, 0.1) is 17.9 Å². The van der Waals surface area contributed by atoms with Crippen LogP contribution >= 0.6 is 0 Å². The maximum atomic E-state index is 13.8. The molecule has 4 aromatic carbocycles. The summed E-state index contributed by atoms with van der Waals surface area (Å²) in [6, 6.07) is 31.8. The van der Waals surface area contributed by atoms with Crippen molar-refractivity contribution in [3.63, 3.8) is 0 Å². The van der Waals surface area contributed by atoms with Crippen molar-refractivity contribution < 1.29 is 9.59 Å². The van der Waals surface area contributed by atoms with Crippen molar-refractivity contribution in [2.45, 2.75) is 13.8 Å². The van der Waals surface area contributed by atoms with E-state index in [2.05, 4.69) is 5.10 Å². The molecule has 1 amide bonds. The number of aromatic nitrogens is 2. The van der Waals surface area contributed by atoms with E-state index in [0.717, 1.165) is 16.3 Å². The van der Waals surface area contributed by atoms with Gasteiger partial charge in [-0.05, 0) is 41.0 Å². The van der Waals surface area contributed by atoms with Crippen molar-refractivity contribution in [3.8, 4) is 16.9 Å². The molecule has 0 spiro atoms. The van der Waals surface area contributed by atoms with E-state index in [-0.39, 0.29) is 23.9 Å². The number of benzene rings is 4. The lowest BCUT2D eigenvalue weighted by Crippen LogP contribution is -2.39. The molecule has 0 atom stereocenters. The van der Waals surface area contributed by atoms with Crippen molar-refractivity contribution in [1.29, 1.82) is 0 Å². The van der Waals surface area contributed by atoms with Gasteiger partial charge in [0, 0.05) is 17.7 Å². The first-order valence-electron chi connectivity index (χ1n) is 12.7. The van der Waals surface area contributed by atoms with Crippen LogP contribution in [0.15, 0.2) is 108 Å². The fraction of sp³-hybridized carbons (Fsp3) is 0.156. The fourth-order valence-corrected chi connectivity index (χ4v) is 4.69. The Kier molecular flexibility index (Phi) is 7.05.